The van der Waals surface area contributed by atoms with Crippen LogP contribution in [-0.4, -0.2) is 41.9 Å². The zero-order chi connectivity index (χ0) is 15.4. The van der Waals surface area contributed by atoms with Crippen molar-refractivity contribution in [2.24, 2.45) is 0 Å². The fourth-order valence-corrected chi connectivity index (χ4v) is 2.69. The van der Waals surface area contributed by atoms with Crippen molar-refractivity contribution in [3.63, 3.8) is 0 Å². The largest absolute Gasteiger partial charge is 0.311 e. The van der Waals surface area contributed by atoms with Crippen LogP contribution in [0.2, 0.25) is 0 Å². The van der Waals surface area contributed by atoms with Crippen LogP contribution in [0.1, 0.15) is 25.8 Å². The Balaban J connectivity index is 2.20. The summed E-state index contributed by atoms with van der Waals surface area (Å²) in [7, 11) is 0. The van der Waals surface area contributed by atoms with Crippen molar-refractivity contribution in [3.8, 4) is 0 Å². The van der Waals surface area contributed by atoms with Gasteiger partial charge in [0.1, 0.15) is 0 Å². The molecule has 0 aromatic heterocycles. The van der Waals surface area contributed by atoms with Crippen LogP contribution in [0.15, 0.2) is 18.2 Å². The van der Waals surface area contributed by atoms with Gasteiger partial charge in [-0.2, -0.15) is 0 Å². The number of likely N-dealkylation sites (N-methyl/N-ethyl adjacent to an activating group) is 1. The second kappa shape index (κ2) is 6.67. The molecule has 0 saturated carbocycles. The maximum absolute atomic E-state index is 12.1. The number of nitrogens with zero attached hydrogens (tertiary/aromatic N) is 3. The Labute approximate surface area is 124 Å². The van der Waals surface area contributed by atoms with E-state index in [1.165, 1.54) is 6.07 Å². The summed E-state index contributed by atoms with van der Waals surface area (Å²) in [6.07, 6.45) is 1.00. The molecule has 0 aliphatic carbocycles. The van der Waals surface area contributed by atoms with Gasteiger partial charge in [-0.05, 0) is 31.1 Å². The molecule has 0 fully saturated rings. The summed E-state index contributed by atoms with van der Waals surface area (Å²) in [6.45, 7) is 7.54. The summed E-state index contributed by atoms with van der Waals surface area (Å²) in [6, 6.07) is 4.76. The third-order valence-electron chi connectivity index (χ3n) is 4.01. The molecule has 6 heteroatoms. The van der Waals surface area contributed by atoms with E-state index in [1.54, 1.807) is 17.0 Å². The van der Waals surface area contributed by atoms with Crippen molar-refractivity contribution in [1.82, 2.24) is 4.90 Å². The summed E-state index contributed by atoms with van der Waals surface area (Å²) < 4.78 is 0. The second-order valence-electron chi connectivity index (χ2n) is 5.14. The molecule has 0 radical (unpaired) electrons. The fourth-order valence-electron chi connectivity index (χ4n) is 2.69. The van der Waals surface area contributed by atoms with Crippen LogP contribution in [0.4, 0.5) is 11.4 Å². The molecule has 21 heavy (non-hydrogen) atoms. The number of hydrogen-bond donors (Lipinski definition) is 0. The number of carbonyl (C=O) groups excluding carboxylic acids is 1. The molecule has 0 spiro atoms. The third-order valence-corrected chi connectivity index (χ3v) is 4.01. The van der Waals surface area contributed by atoms with E-state index in [-0.39, 0.29) is 11.6 Å². The van der Waals surface area contributed by atoms with E-state index >= 15 is 0 Å². The number of aryl methyl sites for hydroxylation is 1. The number of amides is 1. The zero-order valence-electron chi connectivity index (χ0n) is 12.5. The molecule has 0 bridgehead atoms. The first-order chi connectivity index (χ1) is 10.1. The number of carbonyl (C=O) groups is 1. The fraction of sp³-hybridized carbons (Fsp3) is 0.533. The summed E-state index contributed by atoms with van der Waals surface area (Å²) in [5.74, 6) is 0.100. The quantitative estimate of drug-likeness (QED) is 0.595. The van der Waals surface area contributed by atoms with E-state index in [4.69, 9.17) is 0 Å². The van der Waals surface area contributed by atoms with Crippen LogP contribution in [-0.2, 0) is 11.2 Å². The molecular weight excluding hydrogens is 270 g/mol. The number of nitro benzene ring substituents is 1. The maximum atomic E-state index is 12.1. The molecule has 1 amide bonds. The van der Waals surface area contributed by atoms with Crippen LogP contribution in [0.25, 0.3) is 0 Å². The first-order valence-electron chi connectivity index (χ1n) is 7.36. The predicted octanol–water partition coefficient (Wildman–Crippen LogP) is 2.22. The minimum absolute atomic E-state index is 0.0896. The predicted molar refractivity (Wildman–Crippen MR) is 81.6 cm³/mol. The van der Waals surface area contributed by atoms with Crippen molar-refractivity contribution in [1.29, 1.82) is 0 Å². The summed E-state index contributed by atoms with van der Waals surface area (Å²) in [5.41, 5.74) is 1.80. The minimum Gasteiger partial charge on any atom is -0.311 e. The van der Waals surface area contributed by atoms with Gasteiger partial charge in [0.25, 0.3) is 5.69 Å². The topological polar surface area (TPSA) is 66.7 Å². The molecule has 1 aromatic rings. The van der Waals surface area contributed by atoms with Crippen molar-refractivity contribution in [3.05, 3.63) is 33.9 Å². The minimum atomic E-state index is -0.392. The first-order valence-corrected chi connectivity index (χ1v) is 7.36. The third kappa shape index (κ3) is 3.39. The lowest BCUT2D eigenvalue weighted by atomic mass is 10.0. The zero-order valence-corrected chi connectivity index (χ0v) is 12.5. The Morgan fingerprint density at radius 2 is 2.00 bits per heavy atom. The van der Waals surface area contributed by atoms with Crippen molar-refractivity contribution in [2.45, 2.75) is 26.7 Å². The van der Waals surface area contributed by atoms with Crippen LogP contribution < -0.4 is 4.90 Å². The molecule has 1 aromatic carbocycles. The Hall–Kier alpha value is -1.95. The molecule has 114 valence electrons. The van der Waals surface area contributed by atoms with Gasteiger partial charge in [0.15, 0.2) is 0 Å². The number of anilines is 1. The van der Waals surface area contributed by atoms with Gasteiger partial charge in [-0.1, -0.05) is 13.8 Å². The molecule has 1 aliphatic heterocycles. The first kappa shape index (κ1) is 15.4. The molecule has 0 N–H and O–H groups in total. The second-order valence-corrected chi connectivity index (χ2v) is 5.14. The molecule has 2 rings (SSSR count). The lowest BCUT2D eigenvalue weighted by Gasteiger charge is -2.31. The van der Waals surface area contributed by atoms with E-state index in [0.29, 0.717) is 19.4 Å². The van der Waals surface area contributed by atoms with E-state index in [0.717, 1.165) is 30.9 Å². The highest BCUT2D eigenvalue weighted by atomic mass is 16.6. The summed E-state index contributed by atoms with van der Waals surface area (Å²) >= 11 is 0. The number of rotatable bonds is 6. The van der Waals surface area contributed by atoms with E-state index in [1.807, 2.05) is 0 Å². The standard InChI is InChI=1S/C15H21N3O3/c1-3-16(4-2)9-10-17-14-7-6-13(18(20)21)11-12(14)5-8-15(17)19/h6-7,11H,3-5,8-10H2,1-2H3. The van der Waals surface area contributed by atoms with Crippen LogP contribution in [0.3, 0.4) is 0 Å². The highest BCUT2D eigenvalue weighted by Crippen LogP contribution is 2.30. The molecule has 1 heterocycles. The monoisotopic (exact) mass is 291 g/mol. The summed E-state index contributed by atoms with van der Waals surface area (Å²) in [4.78, 5) is 26.6. The van der Waals surface area contributed by atoms with Gasteiger partial charge in [-0.15, -0.1) is 0 Å². The van der Waals surface area contributed by atoms with E-state index < -0.39 is 4.92 Å². The smallest absolute Gasteiger partial charge is 0.269 e. The highest BCUT2D eigenvalue weighted by molar-refractivity contribution is 5.96. The Morgan fingerprint density at radius 3 is 2.62 bits per heavy atom. The Kier molecular flexibility index (Phi) is 4.90. The van der Waals surface area contributed by atoms with Gasteiger partial charge in [0.05, 0.1) is 4.92 Å². The van der Waals surface area contributed by atoms with Gasteiger partial charge in [-0.3, -0.25) is 14.9 Å². The van der Waals surface area contributed by atoms with Crippen molar-refractivity contribution in [2.75, 3.05) is 31.1 Å². The van der Waals surface area contributed by atoms with Crippen LogP contribution >= 0.6 is 0 Å². The van der Waals surface area contributed by atoms with E-state index in [2.05, 4.69) is 18.7 Å². The van der Waals surface area contributed by atoms with Crippen molar-refractivity contribution >= 4 is 17.3 Å². The Bertz CT molecular complexity index is 541. The maximum Gasteiger partial charge on any atom is 0.269 e. The van der Waals surface area contributed by atoms with Gasteiger partial charge in [0, 0.05) is 37.3 Å². The van der Waals surface area contributed by atoms with Gasteiger partial charge in [0.2, 0.25) is 5.91 Å². The Morgan fingerprint density at radius 1 is 1.29 bits per heavy atom. The van der Waals surface area contributed by atoms with Gasteiger partial charge in [-0.25, -0.2) is 0 Å². The normalized spacial score (nSPS) is 14.4. The van der Waals surface area contributed by atoms with Crippen LogP contribution in [0, 0.1) is 10.1 Å². The molecule has 0 unspecified atom stereocenters. The SMILES string of the molecule is CCN(CC)CCN1C(=O)CCc2cc([N+](=O)[O-])ccc21. The highest BCUT2D eigenvalue weighted by Gasteiger charge is 2.25. The number of nitro groups is 1. The number of non-ortho nitro benzene ring substituents is 1. The molecule has 6 nitrogen and oxygen atoms in total. The average molecular weight is 291 g/mol. The van der Waals surface area contributed by atoms with Crippen molar-refractivity contribution < 1.29 is 9.72 Å². The molecule has 1 aliphatic rings. The number of hydrogen-bond acceptors (Lipinski definition) is 4. The number of fused-ring (bicyclic) bond motifs is 1. The number of benzene rings is 1. The van der Waals surface area contributed by atoms with E-state index in [9.17, 15) is 14.9 Å². The lowest BCUT2D eigenvalue weighted by molar-refractivity contribution is -0.384. The van der Waals surface area contributed by atoms with Gasteiger partial charge >= 0.3 is 0 Å². The molecule has 0 saturated heterocycles. The van der Waals surface area contributed by atoms with Gasteiger partial charge < -0.3 is 9.80 Å². The average Bonchev–Trinajstić information content (AvgIpc) is 2.49. The molecular formula is C15H21N3O3. The summed E-state index contributed by atoms with van der Waals surface area (Å²) in [5, 5.41) is 10.8. The van der Waals surface area contributed by atoms with Crippen LogP contribution in [0.5, 0.6) is 0 Å². The lowest BCUT2D eigenvalue weighted by Crippen LogP contribution is -2.41. The molecule has 0 atom stereocenters.